The number of non-ortho nitro benzene ring substituents is 1. The lowest BCUT2D eigenvalue weighted by Crippen LogP contribution is -2.43. The van der Waals surface area contributed by atoms with Crippen molar-refractivity contribution in [1.82, 2.24) is 20.6 Å². The summed E-state index contributed by atoms with van der Waals surface area (Å²) in [7, 11) is 0. The number of aromatic nitrogens is 2. The number of nitro benzene ring substituents is 1. The Balaban J connectivity index is 1.73. The first-order chi connectivity index (χ1) is 15.1. The summed E-state index contributed by atoms with van der Waals surface area (Å²) in [5.41, 5.74) is 4.58. The van der Waals surface area contributed by atoms with E-state index in [1.807, 2.05) is 54.6 Å². The number of nitro groups is 1. The summed E-state index contributed by atoms with van der Waals surface area (Å²) < 4.78 is 0. The van der Waals surface area contributed by atoms with Crippen LogP contribution in [0.25, 0.3) is 22.3 Å². The van der Waals surface area contributed by atoms with E-state index in [9.17, 15) is 14.9 Å². The Hall–Kier alpha value is -4.46. The second-order valence-corrected chi connectivity index (χ2v) is 7.14. The van der Waals surface area contributed by atoms with E-state index in [0.717, 1.165) is 22.2 Å². The predicted octanol–water partition coefficient (Wildman–Crippen LogP) is 4.39. The van der Waals surface area contributed by atoms with Crippen molar-refractivity contribution in [2.24, 2.45) is 0 Å². The van der Waals surface area contributed by atoms with Crippen LogP contribution in [0.1, 0.15) is 23.0 Å². The van der Waals surface area contributed by atoms with Crippen molar-refractivity contribution in [2.45, 2.75) is 6.04 Å². The number of hydrogen-bond acceptors (Lipinski definition) is 4. The lowest BCUT2D eigenvalue weighted by Gasteiger charge is -2.30. The maximum Gasteiger partial charge on any atom is 0.320 e. The first-order valence-electron chi connectivity index (χ1n) is 9.67. The largest absolute Gasteiger partial charge is 0.338 e. The number of benzene rings is 3. The molecule has 1 aromatic heterocycles. The minimum absolute atomic E-state index is 0.0124. The van der Waals surface area contributed by atoms with Gasteiger partial charge in [0.1, 0.15) is 5.82 Å². The average Bonchev–Trinajstić information content (AvgIpc) is 3.23. The van der Waals surface area contributed by atoms with Gasteiger partial charge in [-0.2, -0.15) is 0 Å². The SMILES string of the molecule is O=C1NC(c2ccccc2)=C(c2nc3ccccc3[nH]2)C(c2ccc([N+](=O)[O-])cc2)N1. The maximum absolute atomic E-state index is 12.6. The second-order valence-electron chi connectivity index (χ2n) is 7.14. The van der Waals surface area contributed by atoms with Gasteiger partial charge in [-0.3, -0.25) is 10.1 Å². The molecule has 2 heterocycles. The first kappa shape index (κ1) is 18.6. The van der Waals surface area contributed by atoms with E-state index in [1.165, 1.54) is 12.1 Å². The summed E-state index contributed by atoms with van der Waals surface area (Å²) >= 11 is 0. The summed E-state index contributed by atoms with van der Waals surface area (Å²) in [6, 6.07) is 22.5. The number of aromatic amines is 1. The fourth-order valence-corrected chi connectivity index (χ4v) is 3.77. The smallest absolute Gasteiger partial charge is 0.320 e. The fourth-order valence-electron chi connectivity index (χ4n) is 3.77. The monoisotopic (exact) mass is 411 g/mol. The molecule has 1 atom stereocenters. The summed E-state index contributed by atoms with van der Waals surface area (Å²) in [4.78, 5) is 31.3. The topological polar surface area (TPSA) is 113 Å². The fraction of sp³-hybridized carbons (Fsp3) is 0.0435. The van der Waals surface area contributed by atoms with Crippen molar-refractivity contribution >= 4 is 34.0 Å². The van der Waals surface area contributed by atoms with E-state index in [1.54, 1.807) is 12.1 Å². The number of hydrogen-bond donors (Lipinski definition) is 3. The number of imidazole rings is 1. The standard InChI is InChI=1S/C23H17N5O3/c29-23-26-20(14-6-2-1-3-7-14)19(22-24-17-8-4-5-9-18(17)25-22)21(27-23)15-10-12-16(13-11-15)28(30)31/h1-13,21H,(H,24,25)(H2,26,27,29). The quantitative estimate of drug-likeness (QED) is 0.341. The normalized spacial score (nSPS) is 16.1. The maximum atomic E-state index is 12.6. The molecule has 152 valence electrons. The van der Waals surface area contributed by atoms with Crippen LogP contribution in [-0.2, 0) is 0 Å². The molecule has 3 N–H and O–H groups in total. The van der Waals surface area contributed by atoms with E-state index in [0.29, 0.717) is 17.1 Å². The van der Waals surface area contributed by atoms with Gasteiger partial charge in [-0.1, -0.05) is 42.5 Å². The van der Waals surface area contributed by atoms with E-state index in [-0.39, 0.29) is 11.7 Å². The van der Waals surface area contributed by atoms with Gasteiger partial charge in [0, 0.05) is 17.7 Å². The Labute approximate surface area is 176 Å². The molecule has 1 aliphatic rings. The molecule has 5 rings (SSSR count). The van der Waals surface area contributed by atoms with Crippen LogP contribution in [0.3, 0.4) is 0 Å². The van der Waals surface area contributed by atoms with Crippen LogP contribution in [0.15, 0.2) is 78.9 Å². The van der Waals surface area contributed by atoms with Gasteiger partial charge in [-0.05, 0) is 35.4 Å². The van der Waals surface area contributed by atoms with E-state index in [4.69, 9.17) is 4.98 Å². The Morgan fingerprint density at radius 1 is 0.903 bits per heavy atom. The third-order valence-corrected chi connectivity index (χ3v) is 5.22. The number of nitrogens with zero attached hydrogens (tertiary/aromatic N) is 2. The molecule has 1 unspecified atom stereocenters. The molecule has 3 aromatic carbocycles. The van der Waals surface area contributed by atoms with Crippen molar-refractivity contribution < 1.29 is 9.72 Å². The molecule has 1 aliphatic heterocycles. The number of H-pyrrole nitrogens is 1. The van der Waals surface area contributed by atoms with Crippen molar-refractivity contribution in [1.29, 1.82) is 0 Å². The number of fused-ring (bicyclic) bond motifs is 1. The van der Waals surface area contributed by atoms with Crippen molar-refractivity contribution in [2.75, 3.05) is 0 Å². The molecule has 0 saturated heterocycles. The van der Waals surface area contributed by atoms with Crippen LogP contribution >= 0.6 is 0 Å². The molecule has 0 radical (unpaired) electrons. The zero-order valence-electron chi connectivity index (χ0n) is 16.2. The van der Waals surface area contributed by atoms with E-state index in [2.05, 4.69) is 15.6 Å². The van der Waals surface area contributed by atoms with Gasteiger partial charge in [0.2, 0.25) is 0 Å². The van der Waals surface area contributed by atoms with Crippen LogP contribution < -0.4 is 10.6 Å². The second kappa shape index (κ2) is 7.42. The van der Waals surface area contributed by atoms with Crippen LogP contribution in [0.4, 0.5) is 10.5 Å². The van der Waals surface area contributed by atoms with Gasteiger partial charge < -0.3 is 15.6 Å². The van der Waals surface area contributed by atoms with Crippen LogP contribution in [0.5, 0.6) is 0 Å². The molecule has 0 spiro atoms. The van der Waals surface area contributed by atoms with E-state index >= 15 is 0 Å². The van der Waals surface area contributed by atoms with Gasteiger partial charge in [0.15, 0.2) is 0 Å². The molecule has 0 saturated carbocycles. The Bertz CT molecular complexity index is 1290. The van der Waals surface area contributed by atoms with Gasteiger partial charge >= 0.3 is 6.03 Å². The van der Waals surface area contributed by atoms with Gasteiger partial charge in [0.05, 0.1) is 27.7 Å². The van der Waals surface area contributed by atoms with Gasteiger partial charge in [0.25, 0.3) is 5.69 Å². The van der Waals surface area contributed by atoms with Crippen molar-refractivity contribution in [3.63, 3.8) is 0 Å². The van der Waals surface area contributed by atoms with Gasteiger partial charge in [-0.15, -0.1) is 0 Å². The number of para-hydroxylation sites is 2. The molecule has 8 nitrogen and oxygen atoms in total. The summed E-state index contributed by atoms with van der Waals surface area (Å²) in [5, 5.41) is 16.9. The molecule has 0 aliphatic carbocycles. The number of nitrogens with one attached hydrogen (secondary N) is 3. The zero-order valence-corrected chi connectivity index (χ0v) is 16.2. The number of rotatable bonds is 4. The number of urea groups is 1. The summed E-state index contributed by atoms with van der Waals surface area (Å²) in [6.07, 6.45) is 0. The minimum Gasteiger partial charge on any atom is -0.338 e. The van der Waals surface area contributed by atoms with Gasteiger partial charge in [-0.25, -0.2) is 9.78 Å². The average molecular weight is 411 g/mol. The molecule has 31 heavy (non-hydrogen) atoms. The third-order valence-electron chi connectivity index (χ3n) is 5.22. The van der Waals surface area contributed by atoms with Crippen molar-refractivity contribution in [3.8, 4) is 0 Å². The van der Waals surface area contributed by atoms with Crippen LogP contribution in [0.2, 0.25) is 0 Å². The number of carbonyl (C=O) groups is 1. The van der Waals surface area contributed by atoms with Crippen LogP contribution in [0, 0.1) is 10.1 Å². The molecule has 0 bridgehead atoms. The molecular formula is C23H17N5O3. The molecule has 2 amide bonds. The lowest BCUT2D eigenvalue weighted by molar-refractivity contribution is -0.384. The number of amides is 2. The molecule has 0 fully saturated rings. The summed E-state index contributed by atoms with van der Waals surface area (Å²) in [5.74, 6) is 0.607. The molecular weight excluding hydrogens is 394 g/mol. The lowest BCUT2D eigenvalue weighted by atomic mass is 9.92. The Kier molecular flexibility index (Phi) is 4.44. The molecule has 8 heteroatoms. The summed E-state index contributed by atoms with van der Waals surface area (Å²) in [6.45, 7) is 0. The highest BCUT2D eigenvalue weighted by Gasteiger charge is 2.32. The predicted molar refractivity (Wildman–Crippen MR) is 117 cm³/mol. The van der Waals surface area contributed by atoms with Crippen molar-refractivity contribution in [3.05, 3.63) is 106 Å². The number of carbonyl (C=O) groups excluding carboxylic acids is 1. The highest BCUT2D eigenvalue weighted by Crippen LogP contribution is 2.37. The first-order valence-corrected chi connectivity index (χ1v) is 9.67. The highest BCUT2D eigenvalue weighted by atomic mass is 16.6. The third kappa shape index (κ3) is 3.40. The van der Waals surface area contributed by atoms with E-state index < -0.39 is 11.0 Å². The Morgan fingerprint density at radius 2 is 1.61 bits per heavy atom. The van der Waals surface area contributed by atoms with Crippen LogP contribution in [-0.4, -0.2) is 20.9 Å². The minimum atomic E-state index is -0.551. The zero-order chi connectivity index (χ0) is 21.4. The highest BCUT2D eigenvalue weighted by molar-refractivity contribution is 6.02. The molecule has 4 aromatic rings. The Morgan fingerprint density at radius 3 is 2.32 bits per heavy atom.